The molecule has 0 aliphatic rings. The Labute approximate surface area is 106 Å². The van der Waals surface area contributed by atoms with Gasteiger partial charge in [0.25, 0.3) is 0 Å². The Kier molecular flexibility index (Phi) is 3.23. The molecular weight excluding hydrogens is 288 g/mol. The molecule has 0 saturated carbocycles. The third kappa shape index (κ3) is 2.08. The van der Waals surface area contributed by atoms with Crippen LogP contribution < -0.4 is 0 Å². The number of carbonyl (C=O) groups excluding carboxylic acids is 2. The van der Waals surface area contributed by atoms with E-state index < -0.39 is 5.97 Å². The Morgan fingerprint density at radius 3 is 3.06 bits per heavy atom. The van der Waals surface area contributed by atoms with E-state index in [4.69, 9.17) is 4.74 Å². The molecule has 0 N–H and O–H groups in total. The molecule has 88 valence electrons. The van der Waals surface area contributed by atoms with Crippen LogP contribution in [-0.4, -0.2) is 28.2 Å². The highest BCUT2D eigenvalue weighted by molar-refractivity contribution is 9.10. The summed E-state index contributed by atoms with van der Waals surface area (Å²) in [5.74, 6) is -0.551. The summed E-state index contributed by atoms with van der Waals surface area (Å²) in [5, 5.41) is 0. The first-order valence-corrected chi connectivity index (χ1v) is 5.76. The average Bonchev–Trinajstić information content (AvgIpc) is 2.66. The van der Waals surface area contributed by atoms with E-state index in [-0.39, 0.29) is 18.0 Å². The van der Waals surface area contributed by atoms with Crippen LogP contribution in [0.1, 0.15) is 27.9 Å². The molecule has 17 heavy (non-hydrogen) atoms. The molecule has 0 aliphatic heterocycles. The van der Waals surface area contributed by atoms with E-state index in [1.54, 1.807) is 25.3 Å². The minimum Gasteiger partial charge on any atom is -0.461 e. The smallest absolute Gasteiger partial charge is 0.357 e. The number of aromatic nitrogens is 2. The van der Waals surface area contributed by atoms with Crippen LogP contribution in [0.2, 0.25) is 0 Å². The van der Waals surface area contributed by atoms with Crippen LogP contribution in [0.3, 0.4) is 0 Å². The monoisotopic (exact) mass is 296 g/mol. The highest BCUT2D eigenvalue weighted by Crippen LogP contribution is 2.17. The van der Waals surface area contributed by atoms with Gasteiger partial charge in [-0.15, -0.1) is 0 Å². The van der Waals surface area contributed by atoms with E-state index in [9.17, 15) is 9.59 Å². The van der Waals surface area contributed by atoms with Gasteiger partial charge < -0.3 is 4.74 Å². The summed E-state index contributed by atoms with van der Waals surface area (Å²) in [7, 11) is 0. The van der Waals surface area contributed by atoms with Gasteiger partial charge in [-0.05, 0) is 19.1 Å². The molecule has 2 heterocycles. The van der Waals surface area contributed by atoms with E-state index in [0.717, 1.165) is 4.47 Å². The number of carbonyl (C=O) groups is 2. The van der Waals surface area contributed by atoms with Crippen molar-refractivity contribution < 1.29 is 14.3 Å². The van der Waals surface area contributed by atoms with Gasteiger partial charge in [0.2, 0.25) is 0 Å². The van der Waals surface area contributed by atoms with Crippen LogP contribution in [0.25, 0.3) is 5.65 Å². The third-order valence-electron chi connectivity index (χ3n) is 2.20. The van der Waals surface area contributed by atoms with Gasteiger partial charge >= 0.3 is 5.97 Å². The predicted molar refractivity (Wildman–Crippen MR) is 64.2 cm³/mol. The summed E-state index contributed by atoms with van der Waals surface area (Å²) in [4.78, 5) is 26.7. The molecule has 2 rings (SSSR count). The van der Waals surface area contributed by atoms with Crippen molar-refractivity contribution in [2.45, 2.75) is 6.92 Å². The van der Waals surface area contributed by atoms with E-state index in [1.807, 2.05) is 0 Å². The molecule has 0 saturated heterocycles. The van der Waals surface area contributed by atoms with Crippen molar-refractivity contribution in [3.63, 3.8) is 0 Å². The van der Waals surface area contributed by atoms with E-state index in [1.165, 1.54) is 4.40 Å². The first-order valence-electron chi connectivity index (χ1n) is 4.97. The predicted octanol–water partition coefficient (Wildman–Crippen LogP) is 2.09. The van der Waals surface area contributed by atoms with Crippen LogP contribution >= 0.6 is 15.9 Å². The fourth-order valence-electron chi connectivity index (χ4n) is 1.52. The second-order valence-electron chi connectivity index (χ2n) is 3.26. The minimum atomic E-state index is -0.551. The fraction of sp³-hybridized carbons (Fsp3) is 0.182. The molecule has 0 aliphatic carbocycles. The summed E-state index contributed by atoms with van der Waals surface area (Å²) in [6.45, 7) is 1.96. The molecule has 0 aromatic carbocycles. The lowest BCUT2D eigenvalue weighted by Crippen LogP contribution is -2.10. The lowest BCUT2D eigenvalue weighted by atomic mass is 10.3. The summed E-state index contributed by atoms with van der Waals surface area (Å²) in [6.07, 6.45) is 2.21. The number of imidazole rings is 1. The second-order valence-corrected chi connectivity index (χ2v) is 4.17. The number of pyridine rings is 1. The van der Waals surface area contributed by atoms with Gasteiger partial charge in [0.15, 0.2) is 12.0 Å². The van der Waals surface area contributed by atoms with Crippen LogP contribution in [0, 0.1) is 0 Å². The first-order chi connectivity index (χ1) is 8.17. The van der Waals surface area contributed by atoms with Crippen LogP contribution in [-0.2, 0) is 4.74 Å². The molecule has 2 aromatic heterocycles. The zero-order valence-electron chi connectivity index (χ0n) is 9.01. The van der Waals surface area contributed by atoms with Crippen LogP contribution in [0.4, 0.5) is 0 Å². The maximum absolute atomic E-state index is 11.7. The third-order valence-corrected chi connectivity index (χ3v) is 2.69. The highest BCUT2D eigenvalue weighted by Gasteiger charge is 2.19. The van der Waals surface area contributed by atoms with E-state index >= 15 is 0 Å². The van der Waals surface area contributed by atoms with E-state index in [0.29, 0.717) is 11.9 Å². The zero-order valence-corrected chi connectivity index (χ0v) is 10.6. The number of rotatable bonds is 3. The van der Waals surface area contributed by atoms with Gasteiger partial charge in [0.1, 0.15) is 11.3 Å². The Hall–Kier alpha value is -1.69. The number of esters is 1. The lowest BCUT2D eigenvalue weighted by molar-refractivity contribution is 0.0516. The van der Waals surface area contributed by atoms with Crippen molar-refractivity contribution >= 4 is 33.8 Å². The molecule has 0 bridgehead atoms. The molecule has 0 radical (unpaired) electrons. The van der Waals surface area contributed by atoms with Crippen molar-refractivity contribution in [2.24, 2.45) is 0 Å². The number of hydrogen-bond donors (Lipinski definition) is 0. The standard InChI is InChI=1S/C11H9BrN2O3/c1-2-17-11(16)10-8(6-15)13-9-5-7(12)3-4-14(9)10/h3-6H,2H2,1H3. The van der Waals surface area contributed by atoms with Gasteiger partial charge in [-0.2, -0.15) is 0 Å². The van der Waals surface area contributed by atoms with Gasteiger partial charge in [-0.25, -0.2) is 9.78 Å². The minimum absolute atomic E-state index is 0.0848. The first kappa shape index (κ1) is 11.8. The molecule has 0 unspecified atom stereocenters. The Morgan fingerprint density at radius 1 is 1.65 bits per heavy atom. The maximum atomic E-state index is 11.7. The van der Waals surface area contributed by atoms with Gasteiger partial charge in [-0.3, -0.25) is 9.20 Å². The van der Waals surface area contributed by atoms with E-state index in [2.05, 4.69) is 20.9 Å². The molecule has 0 atom stereocenters. The summed E-state index contributed by atoms with van der Waals surface area (Å²) >= 11 is 3.30. The molecule has 0 amide bonds. The quantitative estimate of drug-likeness (QED) is 0.643. The topological polar surface area (TPSA) is 60.7 Å². The lowest BCUT2D eigenvalue weighted by Gasteiger charge is -2.02. The number of aldehydes is 1. The van der Waals surface area contributed by atoms with Crippen LogP contribution in [0.15, 0.2) is 22.8 Å². The van der Waals surface area contributed by atoms with Gasteiger partial charge in [0, 0.05) is 10.7 Å². The van der Waals surface area contributed by atoms with Crippen molar-refractivity contribution in [3.8, 4) is 0 Å². The molecule has 5 nitrogen and oxygen atoms in total. The summed E-state index contributed by atoms with van der Waals surface area (Å²) < 4.78 is 7.25. The van der Waals surface area contributed by atoms with Crippen molar-refractivity contribution in [3.05, 3.63) is 34.2 Å². The Morgan fingerprint density at radius 2 is 2.41 bits per heavy atom. The number of hydrogen-bond acceptors (Lipinski definition) is 4. The maximum Gasteiger partial charge on any atom is 0.357 e. The highest BCUT2D eigenvalue weighted by atomic mass is 79.9. The number of fused-ring (bicyclic) bond motifs is 1. The molecule has 2 aromatic rings. The van der Waals surface area contributed by atoms with Crippen LogP contribution in [0.5, 0.6) is 0 Å². The largest absolute Gasteiger partial charge is 0.461 e. The number of ether oxygens (including phenoxy) is 1. The normalized spacial score (nSPS) is 10.5. The molecular formula is C11H9BrN2O3. The van der Waals surface area contributed by atoms with Gasteiger partial charge in [0.05, 0.1) is 6.61 Å². The van der Waals surface area contributed by atoms with Crippen molar-refractivity contribution in [1.29, 1.82) is 0 Å². The SMILES string of the molecule is CCOC(=O)c1c(C=O)nc2cc(Br)ccn12. The molecule has 0 fully saturated rings. The number of halogens is 1. The van der Waals surface area contributed by atoms with Crippen molar-refractivity contribution in [1.82, 2.24) is 9.38 Å². The molecule has 6 heteroatoms. The average molecular weight is 297 g/mol. The van der Waals surface area contributed by atoms with Crippen molar-refractivity contribution in [2.75, 3.05) is 6.61 Å². The summed E-state index contributed by atoms with van der Waals surface area (Å²) in [6, 6.07) is 3.47. The fourth-order valence-corrected chi connectivity index (χ4v) is 1.85. The Balaban J connectivity index is 2.66. The summed E-state index contributed by atoms with van der Waals surface area (Å²) in [5.41, 5.74) is 0.760. The zero-order chi connectivity index (χ0) is 12.4. The second kappa shape index (κ2) is 4.67. The Bertz CT molecular complexity index is 592. The van der Waals surface area contributed by atoms with Gasteiger partial charge in [-0.1, -0.05) is 15.9 Å². The molecule has 0 spiro atoms. The number of nitrogens with zero attached hydrogens (tertiary/aromatic N) is 2.